The van der Waals surface area contributed by atoms with Crippen LogP contribution < -0.4 is 11.4 Å². The lowest BCUT2D eigenvalue weighted by Crippen LogP contribution is -2.30. The fraction of sp³-hybridized carbons (Fsp3) is 0.273. The standard InChI is InChI=1S/C11H13N3O/c1-2-4-9-7-8-5-3-6-13-10(8)14(12)11(9)15/h3,5-7H,2,4,12H2,1H3. The molecule has 0 bridgehead atoms. The first-order chi connectivity index (χ1) is 7.24. The van der Waals surface area contributed by atoms with E-state index in [4.69, 9.17) is 5.84 Å². The largest absolute Gasteiger partial charge is 0.334 e. The number of nitrogens with two attached hydrogens (primary N) is 1. The molecule has 0 aliphatic heterocycles. The lowest BCUT2D eigenvalue weighted by atomic mass is 10.1. The number of fused-ring (bicyclic) bond motifs is 1. The zero-order chi connectivity index (χ0) is 10.8. The van der Waals surface area contributed by atoms with Gasteiger partial charge < -0.3 is 5.84 Å². The van der Waals surface area contributed by atoms with Crippen molar-refractivity contribution in [1.29, 1.82) is 0 Å². The first kappa shape index (κ1) is 9.71. The number of aryl methyl sites for hydroxylation is 1. The van der Waals surface area contributed by atoms with Crippen molar-refractivity contribution in [1.82, 2.24) is 9.66 Å². The summed E-state index contributed by atoms with van der Waals surface area (Å²) in [4.78, 5) is 15.9. The monoisotopic (exact) mass is 203 g/mol. The predicted molar refractivity (Wildman–Crippen MR) is 60.1 cm³/mol. The van der Waals surface area contributed by atoms with E-state index in [0.717, 1.165) is 28.5 Å². The van der Waals surface area contributed by atoms with E-state index >= 15 is 0 Å². The highest BCUT2D eigenvalue weighted by molar-refractivity contribution is 5.75. The van der Waals surface area contributed by atoms with Crippen molar-refractivity contribution >= 4 is 11.0 Å². The summed E-state index contributed by atoms with van der Waals surface area (Å²) in [7, 11) is 0. The highest BCUT2D eigenvalue weighted by Crippen LogP contribution is 2.09. The van der Waals surface area contributed by atoms with Crippen LogP contribution in [0.3, 0.4) is 0 Å². The molecule has 2 aromatic rings. The van der Waals surface area contributed by atoms with Crippen LogP contribution in [0, 0.1) is 0 Å². The Morgan fingerprint density at radius 2 is 2.33 bits per heavy atom. The van der Waals surface area contributed by atoms with Gasteiger partial charge in [0.1, 0.15) is 0 Å². The normalized spacial score (nSPS) is 10.7. The molecule has 0 fully saturated rings. The number of rotatable bonds is 2. The summed E-state index contributed by atoms with van der Waals surface area (Å²) in [6, 6.07) is 5.62. The lowest BCUT2D eigenvalue weighted by molar-refractivity contribution is 0.864. The molecule has 2 heterocycles. The molecular weight excluding hydrogens is 190 g/mol. The fourth-order valence-corrected chi connectivity index (χ4v) is 1.67. The zero-order valence-corrected chi connectivity index (χ0v) is 8.60. The summed E-state index contributed by atoms with van der Waals surface area (Å²) < 4.78 is 1.13. The van der Waals surface area contributed by atoms with Gasteiger partial charge in [0, 0.05) is 17.1 Å². The number of aromatic nitrogens is 2. The lowest BCUT2D eigenvalue weighted by Gasteiger charge is -2.06. The van der Waals surface area contributed by atoms with Gasteiger partial charge in [-0.05, 0) is 24.6 Å². The van der Waals surface area contributed by atoms with Crippen molar-refractivity contribution in [2.24, 2.45) is 0 Å². The quantitative estimate of drug-likeness (QED) is 0.742. The summed E-state index contributed by atoms with van der Waals surface area (Å²) in [5, 5.41) is 0.906. The highest BCUT2D eigenvalue weighted by Gasteiger charge is 2.06. The molecule has 0 aliphatic carbocycles. The Balaban J connectivity index is 2.77. The van der Waals surface area contributed by atoms with Gasteiger partial charge in [-0.25, -0.2) is 9.66 Å². The van der Waals surface area contributed by atoms with E-state index in [1.54, 1.807) is 6.20 Å². The molecule has 2 rings (SSSR count). The summed E-state index contributed by atoms with van der Waals surface area (Å²) in [6.45, 7) is 2.04. The zero-order valence-electron chi connectivity index (χ0n) is 8.60. The molecule has 2 N–H and O–H groups in total. The van der Waals surface area contributed by atoms with Gasteiger partial charge >= 0.3 is 0 Å². The number of nitrogen functional groups attached to an aromatic ring is 1. The van der Waals surface area contributed by atoms with Crippen LogP contribution in [0.4, 0.5) is 0 Å². The van der Waals surface area contributed by atoms with Crippen LogP contribution in [0.2, 0.25) is 0 Å². The molecule has 0 radical (unpaired) electrons. The van der Waals surface area contributed by atoms with Crippen molar-refractivity contribution in [2.75, 3.05) is 5.84 Å². The van der Waals surface area contributed by atoms with Crippen LogP contribution in [0.5, 0.6) is 0 Å². The van der Waals surface area contributed by atoms with Gasteiger partial charge in [0.05, 0.1) is 0 Å². The predicted octanol–water partition coefficient (Wildman–Crippen LogP) is 1.06. The van der Waals surface area contributed by atoms with Gasteiger partial charge in [0.15, 0.2) is 5.65 Å². The maximum absolute atomic E-state index is 11.8. The van der Waals surface area contributed by atoms with E-state index in [2.05, 4.69) is 4.98 Å². The van der Waals surface area contributed by atoms with Crippen molar-refractivity contribution in [3.05, 3.63) is 40.3 Å². The second-order valence-corrected chi connectivity index (χ2v) is 3.51. The molecule has 0 saturated carbocycles. The average Bonchev–Trinajstić information content (AvgIpc) is 2.26. The molecule has 2 aromatic heterocycles. The number of pyridine rings is 2. The minimum atomic E-state index is -0.150. The Kier molecular flexibility index (Phi) is 2.41. The van der Waals surface area contributed by atoms with Crippen LogP contribution in [0.15, 0.2) is 29.2 Å². The minimum Gasteiger partial charge on any atom is -0.334 e. The molecule has 0 aromatic carbocycles. The van der Waals surface area contributed by atoms with E-state index < -0.39 is 0 Å². The summed E-state index contributed by atoms with van der Waals surface area (Å²) in [5.41, 5.74) is 1.13. The third kappa shape index (κ3) is 1.58. The van der Waals surface area contributed by atoms with Crippen molar-refractivity contribution in [2.45, 2.75) is 19.8 Å². The molecule has 0 aliphatic rings. The molecule has 0 unspecified atom stereocenters. The van der Waals surface area contributed by atoms with Crippen LogP contribution in [-0.4, -0.2) is 9.66 Å². The Labute approximate surface area is 87.3 Å². The van der Waals surface area contributed by atoms with Crippen LogP contribution >= 0.6 is 0 Å². The van der Waals surface area contributed by atoms with Crippen LogP contribution in [0.1, 0.15) is 18.9 Å². The Bertz CT molecular complexity index is 545. The molecule has 0 atom stereocenters. The van der Waals surface area contributed by atoms with Crippen molar-refractivity contribution < 1.29 is 0 Å². The van der Waals surface area contributed by atoms with E-state index in [1.807, 2.05) is 25.1 Å². The number of hydrogen-bond acceptors (Lipinski definition) is 3. The van der Waals surface area contributed by atoms with E-state index in [9.17, 15) is 4.79 Å². The third-order valence-electron chi connectivity index (χ3n) is 2.39. The molecule has 0 amide bonds. The van der Waals surface area contributed by atoms with Crippen molar-refractivity contribution in [3.8, 4) is 0 Å². The third-order valence-corrected chi connectivity index (χ3v) is 2.39. The van der Waals surface area contributed by atoms with Crippen LogP contribution in [0.25, 0.3) is 11.0 Å². The second kappa shape index (κ2) is 3.73. The SMILES string of the molecule is CCCc1cc2cccnc2n(N)c1=O. The van der Waals surface area contributed by atoms with Gasteiger partial charge in [0.2, 0.25) is 0 Å². The first-order valence-corrected chi connectivity index (χ1v) is 4.98. The summed E-state index contributed by atoms with van der Waals surface area (Å²) in [6.07, 6.45) is 3.31. The molecule has 15 heavy (non-hydrogen) atoms. The first-order valence-electron chi connectivity index (χ1n) is 4.98. The van der Waals surface area contributed by atoms with E-state index in [0.29, 0.717) is 5.65 Å². The molecule has 4 heteroatoms. The van der Waals surface area contributed by atoms with Gasteiger partial charge in [-0.2, -0.15) is 0 Å². The highest BCUT2D eigenvalue weighted by atomic mass is 16.1. The molecular formula is C11H13N3O. The van der Waals surface area contributed by atoms with E-state index in [1.165, 1.54) is 0 Å². The second-order valence-electron chi connectivity index (χ2n) is 3.51. The summed E-state index contributed by atoms with van der Waals surface area (Å²) >= 11 is 0. The maximum Gasteiger partial charge on any atom is 0.273 e. The van der Waals surface area contributed by atoms with E-state index in [-0.39, 0.29) is 5.56 Å². The smallest absolute Gasteiger partial charge is 0.273 e. The van der Waals surface area contributed by atoms with Gasteiger partial charge in [-0.1, -0.05) is 13.3 Å². The number of hydrogen-bond donors (Lipinski definition) is 1. The Morgan fingerprint density at radius 1 is 1.53 bits per heavy atom. The molecule has 0 saturated heterocycles. The molecule has 4 nitrogen and oxygen atoms in total. The van der Waals surface area contributed by atoms with Gasteiger partial charge in [-0.3, -0.25) is 4.79 Å². The van der Waals surface area contributed by atoms with Crippen LogP contribution in [-0.2, 0) is 6.42 Å². The molecule has 0 spiro atoms. The minimum absolute atomic E-state index is 0.150. The summed E-state index contributed by atoms with van der Waals surface area (Å²) in [5.74, 6) is 5.69. The number of nitrogens with zero attached hydrogens (tertiary/aromatic N) is 2. The topological polar surface area (TPSA) is 60.9 Å². The van der Waals surface area contributed by atoms with Gasteiger partial charge in [0.25, 0.3) is 5.56 Å². The fourth-order valence-electron chi connectivity index (χ4n) is 1.67. The van der Waals surface area contributed by atoms with Crippen molar-refractivity contribution in [3.63, 3.8) is 0 Å². The Morgan fingerprint density at radius 3 is 3.07 bits per heavy atom. The molecule has 78 valence electrons. The maximum atomic E-state index is 11.8. The van der Waals surface area contributed by atoms with Gasteiger partial charge in [-0.15, -0.1) is 0 Å². The average molecular weight is 203 g/mol. The Hall–Kier alpha value is -1.84.